The lowest BCUT2D eigenvalue weighted by atomic mass is 10.1. The van der Waals surface area contributed by atoms with Gasteiger partial charge in [0.2, 0.25) is 5.44 Å². The molecule has 0 spiro atoms. The van der Waals surface area contributed by atoms with Crippen LogP contribution in [0.5, 0.6) is 0 Å². The van der Waals surface area contributed by atoms with Gasteiger partial charge in [0.15, 0.2) is 4.90 Å². The van der Waals surface area contributed by atoms with Crippen LogP contribution >= 0.6 is 0 Å². The van der Waals surface area contributed by atoms with Crippen molar-refractivity contribution in [1.29, 1.82) is 0 Å². The van der Waals surface area contributed by atoms with Gasteiger partial charge in [0.1, 0.15) is 5.75 Å². The van der Waals surface area contributed by atoms with E-state index in [9.17, 15) is 0 Å². The highest BCUT2D eigenvalue weighted by atomic mass is 32.2. The lowest BCUT2D eigenvalue weighted by Gasteiger charge is -2.13. The Kier molecular flexibility index (Phi) is 4.64. The first-order valence-electron chi connectivity index (χ1n) is 7.69. The van der Waals surface area contributed by atoms with Crippen molar-refractivity contribution in [2.45, 2.75) is 42.9 Å². The third kappa shape index (κ3) is 2.87. The Bertz CT molecular complexity index is 561. The van der Waals surface area contributed by atoms with Gasteiger partial charge >= 0.3 is 0 Å². The maximum Gasteiger partial charge on any atom is 0.223 e. The Morgan fingerprint density at radius 2 is 2.00 bits per heavy atom. The summed E-state index contributed by atoms with van der Waals surface area (Å²) in [5.74, 6) is 1.30. The fraction of sp³-hybridized carbons (Fsp3) is 0.444. The Hall–Kier alpha value is -0.990. The van der Waals surface area contributed by atoms with Gasteiger partial charge in [0.25, 0.3) is 0 Å². The molecule has 1 heterocycles. The number of hydrogen-bond acceptors (Lipinski definition) is 1. The summed E-state index contributed by atoms with van der Waals surface area (Å²) in [5, 5.41) is 2.78. The van der Waals surface area contributed by atoms with Gasteiger partial charge in [-0.3, -0.25) is 0 Å². The molecular formula is C18H23OS+. The topological polar surface area (TPSA) is 9.23 Å². The predicted molar refractivity (Wildman–Crippen MR) is 88.3 cm³/mol. The molecule has 2 aromatic rings. The van der Waals surface area contributed by atoms with Gasteiger partial charge in [-0.1, -0.05) is 43.7 Å². The summed E-state index contributed by atoms with van der Waals surface area (Å²) in [6, 6.07) is 15.5. The lowest BCUT2D eigenvalue weighted by molar-refractivity contribution is 0.106. The van der Waals surface area contributed by atoms with E-state index in [-0.39, 0.29) is 10.9 Å². The van der Waals surface area contributed by atoms with Crippen LogP contribution in [0.4, 0.5) is 0 Å². The molecule has 20 heavy (non-hydrogen) atoms. The molecule has 1 nitrogen and oxygen atoms in total. The minimum Gasteiger partial charge on any atom is -0.333 e. The molecule has 0 amide bonds. The molecule has 1 aliphatic rings. The maximum atomic E-state index is 6.17. The molecule has 2 heteroatoms. The fourth-order valence-electron chi connectivity index (χ4n) is 2.88. The highest BCUT2D eigenvalue weighted by Crippen LogP contribution is 2.34. The molecule has 3 rings (SSSR count). The molecule has 0 aromatic heterocycles. The van der Waals surface area contributed by atoms with E-state index in [0.717, 1.165) is 6.61 Å². The van der Waals surface area contributed by atoms with Crippen LogP contribution in [0.2, 0.25) is 0 Å². The van der Waals surface area contributed by atoms with Crippen LogP contribution in [0.3, 0.4) is 0 Å². The summed E-state index contributed by atoms with van der Waals surface area (Å²) >= 11 is 0. The van der Waals surface area contributed by atoms with Crippen molar-refractivity contribution < 1.29 is 4.74 Å². The molecular weight excluding hydrogens is 264 g/mol. The Morgan fingerprint density at radius 1 is 1.15 bits per heavy atom. The number of benzene rings is 2. The number of ether oxygens (including phenoxy) is 1. The van der Waals surface area contributed by atoms with E-state index in [4.69, 9.17) is 4.74 Å². The second-order valence-corrected chi connectivity index (χ2v) is 7.64. The van der Waals surface area contributed by atoms with Crippen molar-refractivity contribution in [3.8, 4) is 0 Å². The fourth-order valence-corrected chi connectivity index (χ4v) is 5.56. The summed E-state index contributed by atoms with van der Waals surface area (Å²) in [4.78, 5) is 1.52. The van der Waals surface area contributed by atoms with Gasteiger partial charge in [-0.15, -0.1) is 0 Å². The van der Waals surface area contributed by atoms with Gasteiger partial charge in [-0.25, -0.2) is 0 Å². The van der Waals surface area contributed by atoms with E-state index >= 15 is 0 Å². The summed E-state index contributed by atoms with van der Waals surface area (Å²) in [7, 11) is 0.271. The number of fused-ring (bicyclic) bond motifs is 1. The van der Waals surface area contributed by atoms with Gasteiger partial charge in [-0.2, -0.15) is 0 Å². The minimum atomic E-state index is 0.271. The standard InChI is InChI=1S/C18H23OS/c1-2-3-13-19-18-12-7-14-20(18)17-11-6-9-15-8-4-5-10-16(15)17/h4-6,8-11,18H,2-3,7,12-14H2,1H3/q+1. The van der Waals surface area contributed by atoms with Gasteiger partial charge in [0.05, 0.1) is 17.5 Å². The lowest BCUT2D eigenvalue weighted by Crippen LogP contribution is -2.21. The Morgan fingerprint density at radius 3 is 2.90 bits per heavy atom. The normalized spacial score (nSPS) is 22.4. The largest absolute Gasteiger partial charge is 0.333 e. The second-order valence-electron chi connectivity index (χ2n) is 5.41. The van der Waals surface area contributed by atoms with Gasteiger partial charge < -0.3 is 4.74 Å². The van der Waals surface area contributed by atoms with Crippen molar-refractivity contribution in [3.05, 3.63) is 42.5 Å². The van der Waals surface area contributed by atoms with Crippen molar-refractivity contribution in [3.63, 3.8) is 0 Å². The molecule has 106 valence electrons. The molecule has 1 fully saturated rings. The molecule has 2 atom stereocenters. The molecule has 2 aromatic carbocycles. The van der Waals surface area contributed by atoms with Crippen LogP contribution in [0.1, 0.15) is 32.6 Å². The molecule has 1 saturated heterocycles. The number of unbranched alkanes of at least 4 members (excludes halogenated alkanes) is 1. The van der Waals surface area contributed by atoms with E-state index in [0.29, 0.717) is 5.44 Å². The van der Waals surface area contributed by atoms with Gasteiger partial charge in [-0.05, 0) is 30.4 Å². The van der Waals surface area contributed by atoms with Crippen LogP contribution in [0, 0.1) is 0 Å². The Labute approximate surface area is 124 Å². The summed E-state index contributed by atoms with van der Waals surface area (Å²) < 4.78 is 6.17. The third-order valence-electron chi connectivity index (χ3n) is 3.96. The molecule has 0 saturated carbocycles. The SMILES string of the molecule is CCCCOC1CCC[S+]1c1cccc2ccccc12. The average molecular weight is 287 g/mol. The molecule has 2 unspecified atom stereocenters. The van der Waals surface area contributed by atoms with Crippen molar-refractivity contribution in [1.82, 2.24) is 0 Å². The quantitative estimate of drug-likeness (QED) is 0.569. The van der Waals surface area contributed by atoms with E-state index < -0.39 is 0 Å². The summed E-state index contributed by atoms with van der Waals surface area (Å²) in [6.07, 6.45) is 4.94. The van der Waals surface area contributed by atoms with Crippen LogP contribution in [0.25, 0.3) is 10.8 Å². The zero-order valence-corrected chi connectivity index (χ0v) is 13.0. The predicted octanol–water partition coefficient (Wildman–Crippen LogP) is 4.75. The zero-order valence-electron chi connectivity index (χ0n) is 12.2. The molecule has 0 N–H and O–H groups in total. The molecule has 1 aliphatic heterocycles. The number of hydrogen-bond donors (Lipinski definition) is 0. The summed E-state index contributed by atoms with van der Waals surface area (Å²) in [5.41, 5.74) is 0.451. The van der Waals surface area contributed by atoms with E-state index in [1.165, 1.54) is 47.1 Å². The second kappa shape index (κ2) is 6.64. The van der Waals surface area contributed by atoms with Crippen LogP contribution in [-0.4, -0.2) is 17.8 Å². The first-order valence-corrected chi connectivity index (χ1v) is 9.15. The van der Waals surface area contributed by atoms with E-state index in [1.807, 2.05) is 0 Å². The Balaban J connectivity index is 1.86. The molecule has 0 bridgehead atoms. The highest BCUT2D eigenvalue weighted by Gasteiger charge is 2.39. The van der Waals surface area contributed by atoms with Crippen LogP contribution < -0.4 is 0 Å². The average Bonchev–Trinajstić information content (AvgIpc) is 2.95. The molecule has 0 aliphatic carbocycles. The third-order valence-corrected chi connectivity index (χ3v) is 6.61. The van der Waals surface area contributed by atoms with Gasteiger partial charge in [0, 0.05) is 11.8 Å². The highest BCUT2D eigenvalue weighted by molar-refractivity contribution is 7.97. The first kappa shape index (κ1) is 14.0. The first-order chi connectivity index (χ1) is 9.90. The van der Waals surface area contributed by atoms with Crippen molar-refractivity contribution >= 4 is 21.7 Å². The van der Waals surface area contributed by atoms with Crippen LogP contribution in [0.15, 0.2) is 47.4 Å². The smallest absolute Gasteiger partial charge is 0.223 e. The monoisotopic (exact) mass is 287 g/mol. The zero-order chi connectivity index (χ0) is 13.8. The van der Waals surface area contributed by atoms with Crippen molar-refractivity contribution in [2.75, 3.05) is 12.4 Å². The minimum absolute atomic E-state index is 0.271. The van der Waals surface area contributed by atoms with Crippen LogP contribution in [-0.2, 0) is 15.6 Å². The van der Waals surface area contributed by atoms with E-state index in [1.54, 1.807) is 0 Å². The molecule has 0 radical (unpaired) electrons. The van der Waals surface area contributed by atoms with Crippen molar-refractivity contribution in [2.24, 2.45) is 0 Å². The summed E-state index contributed by atoms with van der Waals surface area (Å²) in [6.45, 7) is 3.15. The van der Waals surface area contributed by atoms with E-state index in [2.05, 4.69) is 49.4 Å². The maximum absolute atomic E-state index is 6.17. The number of rotatable bonds is 5.